The standard InChI is InChI=1S/C19H24O4/c1-5-6-16(20)23-14-10-15-19(11-21-19)18(14,4)17(3)8-7-12(2)9-13(17)22-15/h5-9,13-15H,10-11H2,1-4H3/b6-5-/t13-,14-,15-,17+,18-,19+/m1/s1. The molecule has 2 saturated heterocycles. The van der Waals surface area contributed by atoms with Gasteiger partial charge in [-0.1, -0.05) is 43.7 Å². The first-order valence-electron chi connectivity index (χ1n) is 8.38. The third-order valence-corrected chi connectivity index (χ3v) is 6.62. The van der Waals surface area contributed by atoms with Gasteiger partial charge in [0.05, 0.1) is 24.2 Å². The van der Waals surface area contributed by atoms with Crippen molar-refractivity contribution in [1.29, 1.82) is 0 Å². The van der Waals surface area contributed by atoms with Gasteiger partial charge in [-0.05, 0) is 13.8 Å². The van der Waals surface area contributed by atoms with E-state index in [1.165, 1.54) is 11.6 Å². The molecule has 1 saturated carbocycles. The fourth-order valence-corrected chi connectivity index (χ4v) is 4.93. The van der Waals surface area contributed by atoms with E-state index in [1.807, 2.05) is 6.92 Å². The van der Waals surface area contributed by atoms with Crippen molar-refractivity contribution in [1.82, 2.24) is 0 Å². The lowest BCUT2D eigenvalue weighted by Crippen LogP contribution is -2.62. The molecule has 124 valence electrons. The van der Waals surface area contributed by atoms with E-state index in [4.69, 9.17) is 14.2 Å². The van der Waals surface area contributed by atoms with E-state index in [0.29, 0.717) is 13.0 Å². The maximum Gasteiger partial charge on any atom is 0.330 e. The van der Waals surface area contributed by atoms with Crippen LogP contribution in [0.3, 0.4) is 0 Å². The summed E-state index contributed by atoms with van der Waals surface area (Å²) < 4.78 is 18.2. The van der Waals surface area contributed by atoms with E-state index >= 15 is 0 Å². The van der Waals surface area contributed by atoms with Crippen molar-refractivity contribution in [2.24, 2.45) is 10.8 Å². The average Bonchev–Trinajstić information content (AvgIpc) is 3.26. The highest BCUT2D eigenvalue weighted by Crippen LogP contribution is 2.70. The Morgan fingerprint density at radius 3 is 2.83 bits per heavy atom. The van der Waals surface area contributed by atoms with Crippen LogP contribution in [0.2, 0.25) is 0 Å². The van der Waals surface area contributed by atoms with Crippen LogP contribution < -0.4 is 0 Å². The monoisotopic (exact) mass is 316 g/mol. The molecule has 1 spiro atoms. The Hall–Kier alpha value is -1.39. The minimum absolute atomic E-state index is 0.00254. The molecule has 3 fully saturated rings. The van der Waals surface area contributed by atoms with Crippen LogP contribution in [-0.4, -0.2) is 36.5 Å². The summed E-state index contributed by atoms with van der Waals surface area (Å²) in [5.41, 5.74) is 0.350. The van der Waals surface area contributed by atoms with Gasteiger partial charge >= 0.3 is 5.97 Å². The summed E-state index contributed by atoms with van der Waals surface area (Å²) in [6.45, 7) is 9.01. The summed E-state index contributed by atoms with van der Waals surface area (Å²) >= 11 is 0. The summed E-state index contributed by atoms with van der Waals surface area (Å²) in [5.74, 6) is -0.284. The molecule has 4 heteroatoms. The van der Waals surface area contributed by atoms with Gasteiger partial charge in [0.25, 0.3) is 0 Å². The summed E-state index contributed by atoms with van der Waals surface area (Å²) in [4.78, 5) is 12.1. The number of ether oxygens (including phenoxy) is 3. The fraction of sp³-hybridized carbons (Fsp3) is 0.632. The van der Waals surface area contributed by atoms with Gasteiger partial charge in [-0.3, -0.25) is 0 Å². The zero-order chi connectivity index (χ0) is 16.5. The van der Waals surface area contributed by atoms with Gasteiger partial charge in [-0.15, -0.1) is 0 Å². The van der Waals surface area contributed by atoms with Crippen LogP contribution in [-0.2, 0) is 19.0 Å². The SMILES string of the molecule is C/C=C\C(=O)O[C@@H]1C[C@H]2O[C@@H]3C=C(C)C=C[C@]3(C)[C@]1(C)[C@]21CO1. The normalized spacial score (nSPS) is 50.1. The zero-order valence-corrected chi connectivity index (χ0v) is 14.2. The van der Waals surface area contributed by atoms with Crippen LogP contribution in [0.1, 0.15) is 34.1 Å². The summed E-state index contributed by atoms with van der Waals surface area (Å²) in [6.07, 6.45) is 10.2. The van der Waals surface area contributed by atoms with Crippen LogP contribution in [0.15, 0.2) is 36.0 Å². The molecule has 2 aliphatic heterocycles. The summed E-state index contributed by atoms with van der Waals surface area (Å²) in [7, 11) is 0. The Kier molecular flexibility index (Phi) is 3.02. The maximum atomic E-state index is 12.1. The molecule has 4 aliphatic rings. The first-order chi connectivity index (χ1) is 10.9. The van der Waals surface area contributed by atoms with Crippen molar-refractivity contribution in [2.75, 3.05) is 6.61 Å². The van der Waals surface area contributed by atoms with Gasteiger partial charge in [-0.2, -0.15) is 0 Å². The predicted octanol–water partition coefficient (Wildman–Crippen LogP) is 2.94. The van der Waals surface area contributed by atoms with E-state index in [2.05, 4.69) is 39.0 Å². The van der Waals surface area contributed by atoms with Crippen LogP contribution in [0, 0.1) is 10.8 Å². The Morgan fingerprint density at radius 2 is 2.17 bits per heavy atom. The number of carbonyl (C=O) groups excluding carboxylic acids is 1. The van der Waals surface area contributed by atoms with Gasteiger partial charge in [0, 0.05) is 17.9 Å². The molecule has 0 aromatic carbocycles. The predicted molar refractivity (Wildman–Crippen MR) is 85.8 cm³/mol. The lowest BCUT2D eigenvalue weighted by atomic mass is 9.54. The lowest BCUT2D eigenvalue weighted by molar-refractivity contribution is -0.188. The minimum atomic E-state index is -0.317. The van der Waals surface area contributed by atoms with Crippen molar-refractivity contribution >= 4 is 5.97 Å². The molecule has 23 heavy (non-hydrogen) atoms. The zero-order valence-electron chi connectivity index (χ0n) is 14.2. The highest BCUT2D eigenvalue weighted by atomic mass is 16.6. The van der Waals surface area contributed by atoms with Crippen molar-refractivity contribution in [3.8, 4) is 0 Å². The van der Waals surface area contributed by atoms with E-state index in [9.17, 15) is 4.79 Å². The number of esters is 1. The molecule has 0 unspecified atom stereocenters. The van der Waals surface area contributed by atoms with Gasteiger partial charge in [0.2, 0.25) is 0 Å². The topological polar surface area (TPSA) is 48.1 Å². The van der Waals surface area contributed by atoms with Crippen LogP contribution >= 0.6 is 0 Å². The molecule has 0 aromatic rings. The molecule has 4 rings (SSSR count). The van der Waals surface area contributed by atoms with Crippen molar-refractivity contribution in [3.63, 3.8) is 0 Å². The number of epoxide rings is 1. The van der Waals surface area contributed by atoms with Crippen molar-refractivity contribution in [2.45, 2.75) is 58.0 Å². The number of hydrogen-bond acceptors (Lipinski definition) is 4. The highest BCUT2D eigenvalue weighted by Gasteiger charge is 2.81. The molecule has 0 aromatic heterocycles. The van der Waals surface area contributed by atoms with E-state index in [-0.39, 0.29) is 40.7 Å². The second kappa shape index (κ2) is 4.58. The summed E-state index contributed by atoms with van der Waals surface area (Å²) in [5, 5.41) is 0. The molecule has 4 nitrogen and oxygen atoms in total. The Labute approximate surface area is 137 Å². The van der Waals surface area contributed by atoms with Crippen LogP contribution in [0.4, 0.5) is 0 Å². The van der Waals surface area contributed by atoms with Gasteiger partial charge in [0.15, 0.2) is 0 Å². The largest absolute Gasteiger partial charge is 0.458 e. The number of hydrogen-bond donors (Lipinski definition) is 0. The Balaban J connectivity index is 1.76. The molecule has 0 amide bonds. The molecule has 6 atom stereocenters. The van der Waals surface area contributed by atoms with Crippen molar-refractivity contribution in [3.05, 3.63) is 36.0 Å². The Bertz CT molecular complexity index is 642. The molecule has 2 aliphatic carbocycles. The number of carbonyl (C=O) groups is 1. The lowest BCUT2D eigenvalue weighted by Gasteiger charge is -2.55. The maximum absolute atomic E-state index is 12.1. The molecular formula is C19H24O4. The molecule has 2 bridgehead atoms. The third-order valence-electron chi connectivity index (χ3n) is 6.62. The first kappa shape index (κ1) is 15.2. The highest BCUT2D eigenvalue weighted by molar-refractivity contribution is 5.82. The van der Waals surface area contributed by atoms with E-state index in [1.54, 1.807) is 6.08 Å². The van der Waals surface area contributed by atoms with Gasteiger partial charge in [-0.25, -0.2) is 4.79 Å². The van der Waals surface area contributed by atoms with Crippen LogP contribution in [0.25, 0.3) is 0 Å². The fourth-order valence-electron chi connectivity index (χ4n) is 4.93. The van der Waals surface area contributed by atoms with Gasteiger partial charge in [0.1, 0.15) is 11.7 Å². The molecule has 2 heterocycles. The first-order valence-corrected chi connectivity index (χ1v) is 8.38. The smallest absolute Gasteiger partial charge is 0.330 e. The van der Waals surface area contributed by atoms with E-state index < -0.39 is 0 Å². The average molecular weight is 316 g/mol. The third kappa shape index (κ3) is 1.71. The van der Waals surface area contributed by atoms with Crippen LogP contribution in [0.5, 0.6) is 0 Å². The molecule has 0 radical (unpaired) electrons. The van der Waals surface area contributed by atoms with E-state index in [0.717, 1.165) is 0 Å². The second-order valence-corrected chi connectivity index (χ2v) is 7.61. The quantitative estimate of drug-likeness (QED) is 0.446. The number of fused-ring (bicyclic) bond motifs is 2. The second-order valence-electron chi connectivity index (χ2n) is 7.61. The Morgan fingerprint density at radius 1 is 1.43 bits per heavy atom. The number of rotatable bonds is 2. The molecule has 0 N–H and O–H groups in total. The van der Waals surface area contributed by atoms with Crippen molar-refractivity contribution < 1.29 is 19.0 Å². The summed E-state index contributed by atoms with van der Waals surface area (Å²) in [6, 6.07) is 0. The molecular weight excluding hydrogens is 292 g/mol. The van der Waals surface area contributed by atoms with Gasteiger partial charge < -0.3 is 14.2 Å². The minimum Gasteiger partial charge on any atom is -0.458 e. The number of allylic oxidation sites excluding steroid dienone is 3.